The number of imidazole rings is 1. The van der Waals surface area contributed by atoms with Crippen LogP contribution in [-0.2, 0) is 4.79 Å². The van der Waals surface area contributed by atoms with Crippen molar-refractivity contribution in [2.24, 2.45) is 10.2 Å². The second-order valence-electron chi connectivity index (χ2n) is 3.28. The van der Waals surface area contributed by atoms with Gasteiger partial charge in [-0.2, -0.15) is 5.10 Å². The van der Waals surface area contributed by atoms with E-state index < -0.39 is 5.97 Å². The summed E-state index contributed by atoms with van der Waals surface area (Å²) in [6, 6.07) is 0. The highest BCUT2D eigenvalue weighted by Crippen LogP contribution is 2.18. The Bertz CT molecular complexity index is 478. The second kappa shape index (κ2) is 4.48. The minimum absolute atomic E-state index is 0.0151. The number of rotatable bonds is 3. The van der Waals surface area contributed by atoms with Crippen LogP contribution in [0.3, 0.4) is 0 Å². The first-order valence-corrected chi connectivity index (χ1v) is 5.63. The molecule has 2 rings (SSSR count). The van der Waals surface area contributed by atoms with Crippen molar-refractivity contribution >= 4 is 28.5 Å². The highest BCUT2D eigenvalue weighted by Gasteiger charge is 2.18. The predicted molar refractivity (Wildman–Crippen MR) is 62.0 cm³/mol. The number of nitrogens with zero attached hydrogens (tertiary/aromatic N) is 3. The van der Waals surface area contributed by atoms with Gasteiger partial charge in [0.05, 0.1) is 17.8 Å². The minimum Gasteiger partial charge on any atom is -0.481 e. The standard InChI is InChI=1S/C9H10N4O2S/c1-5-9(11-4-10-5)6-2-7(13-12-6)16-3-8(14)15/h4H,2-3H2,1H3,(H,10,11)(H,14,15). The van der Waals surface area contributed by atoms with E-state index >= 15 is 0 Å². The minimum atomic E-state index is -0.850. The quantitative estimate of drug-likeness (QED) is 0.823. The van der Waals surface area contributed by atoms with Crippen molar-refractivity contribution in [1.29, 1.82) is 0 Å². The number of H-pyrrole nitrogens is 1. The summed E-state index contributed by atoms with van der Waals surface area (Å²) in [6.07, 6.45) is 2.17. The van der Waals surface area contributed by atoms with Crippen LogP contribution in [0, 0.1) is 6.92 Å². The zero-order valence-electron chi connectivity index (χ0n) is 8.60. The average molecular weight is 238 g/mol. The zero-order valence-corrected chi connectivity index (χ0v) is 9.41. The number of aromatic nitrogens is 2. The Labute approximate surface area is 95.9 Å². The van der Waals surface area contributed by atoms with Crippen LogP contribution in [0.15, 0.2) is 16.5 Å². The molecule has 2 N–H and O–H groups in total. The van der Waals surface area contributed by atoms with Gasteiger partial charge in [-0.1, -0.05) is 11.8 Å². The summed E-state index contributed by atoms with van der Waals surface area (Å²) >= 11 is 1.20. The highest BCUT2D eigenvalue weighted by molar-refractivity contribution is 8.14. The molecule has 1 aromatic rings. The normalized spacial score (nSPS) is 14.8. The molecule has 0 aliphatic carbocycles. The molecule has 2 heterocycles. The summed E-state index contributed by atoms with van der Waals surface area (Å²) in [5.74, 6) is -0.835. The number of aromatic amines is 1. The molecule has 0 aromatic carbocycles. The Hall–Kier alpha value is -1.63. The molecule has 0 saturated carbocycles. The first kappa shape index (κ1) is 10.9. The molecule has 0 unspecified atom stereocenters. The van der Waals surface area contributed by atoms with Gasteiger partial charge >= 0.3 is 5.97 Å². The molecule has 1 aliphatic rings. The molecule has 84 valence electrons. The third-order valence-corrected chi connectivity index (χ3v) is 3.02. The number of thioether (sulfide) groups is 1. The maximum Gasteiger partial charge on any atom is 0.313 e. The van der Waals surface area contributed by atoms with Crippen molar-refractivity contribution in [3.05, 3.63) is 17.7 Å². The monoisotopic (exact) mass is 238 g/mol. The van der Waals surface area contributed by atoms with E-state index in [0.717, 1.165) is 22.1 Å². The van der Waals surface area contributed by atoms with Gasteiger partial charge in [0, 0.05) is 12.1 Å². The van der Waals surface area contributed by atoms with Crippen LogP contribution in [-0.4, -0.2) is 37.6 Å². The van der Waals surface area contributed by atoms with Crippen LogP contribution in [0.4, 0.5) is 0 Å². The van der Waals surface area contributed by atoms with Crippen molar-refractivity contribution in [3.63, 3.8) is 0 Å². The van der Waals surface area contributed by atoms with Crippen molar-refractivity contribution in [2.75, 3.05) is 5.75 Å². The number of nitrogens with one attached hydrogen (secondary N) is 1. The van der Waals surface area contributed by atoms with Gasteiger partial charge in [0.15, 0.2) is 0 Å². The highest BCUT2D eigenvalue weighted by atomic mass is 32.2. The van der Waals surface area contributed by atoms with Crippen molar-refractivity contribution in [2.45, 2.75) is 13.3 Å². The molecule has 0 amide bonds. The second-order valence-corrected chi connectivity index (χ2v) is 4.32. The number of aliphatic carboxylic acids is 1. The maximum atomic E-state index is 10.4. The largest absolute Gasteiger partial charge is 0.481 e. The maximum absolute atomic E-state index is 10.4. The van der Waals surface area contributed by atoms with Gasteiger partial charge in [-0.3, -0.25) is 4.79 Å². The van der Waals surface area contributed by atoms with E-state index in [1.165, 1.54) is 11.8 Å². The van der Waals surface area contributed by atoms with Crippen LogP contribution in [0.1, 0.15) is 17.8 Å². The summed E-state index contributed by atoms with van der Waals surface area (Å²) in [7, 11) is 0. The number of hydrogen-bond donors (Lipinski definition) is 2. The van der Waals surface area contributed by atoms with Gasteiger partial charge in [-0.15, -0.1) is 5.10 Å². The lowest BCUT2D eigenvalue weighted by Gasteiger charge is -1.97. The van der Waals surface area contributed by atoms with Crippen LogP contribution in [0.2, 0.25) is 0 Å². The number of carbonyl (C=O) groups is 1. The third-order valence-electron chi connectivity index (χ3n) is 2.07. The predicted octanol–water partition coefficient (Wildman–Crippen LogP) is 1.04. The lowest BCUT2D eigenvalue weighted by molar-refractivity contribution is -0.133. The number of carboxylic acid groups (broad SMARTS) is 1. The van der Waals surface area contributed by atoms with Gasteiger partial charge in [0.1, 0.15) is 10.7 Å². The Morgan fingerprint density at radius 1 is 1.62 bits per heavy atom. The summed E-state index contributed by atoms with van der Waals surface area (Å²) in [5.41, 5.74) is 2.53. The van der Waals surface area contributed by atoms with E-state index in [1.54, 1.807) is 6.33 Å². The summed E-state index contributed by atoms with van der Waals surface area (Å²) < 4.78 is 0. The summed E-state index contributed by atoms with van der Waals surface area (Å²) in [5, 5.41) is 17.2. The molecule has 0 fully saturated rings. The topological polar surface area (TPSA) is 90.7 Å². The fourth-order valence-electron chi connectivity index (χ4n) is 1.34. The molecule has 0 spiro atoms. The Kier molecular flexibility index (Phi) is 3.04. The van der Waals surface area contributed by atoms with E-state index in [-0.39, 0.29) is 5.75 Å². The molecule has 16 heavy (non-hydrogen) atoms. The molecule has 7 heteroatoms. The molecule has 6 nitrogen and oxygen atoms in total. The Morgan fingerprint density at radius 3 is 3.06 bits per heavy atom. The van der Waals surface area contributed by atoms with Gasteiger partial charge in [-0.05, 0) is 6.92 Å². The average Bonchev–Trinajstić information content (AvgIpc) is 2.83. The smallest absolute Gasteiger partial charge is 0.313 e. The van der Waals surface area contributed by atoms with E-state index in [9.17, 15) is 4.79 Å². The molecule has 0 atom stereocenters. The van der Waals surface area contributed by atoms with Crippen molar-refractivity contribution < 1.29 is 9.90 Å². The Balaban J connectivity index is 1.96. The summed E-state index contributed by atoms with van der Waals surface area (Å²) in [4.78, 5) is 17.5. The van der Waals surface area contributed by atoms with Crippen molar-refractivity contribution in [3.8, 4) is 0 Å². The van der Waals surface area contributed by atoms with E-state index in [1.807, 2.05) is 6.92 Å². The molecular weight excluding hydrogens is 228 g/mol. The lowest BCUT2D eigenvalue weighted by Crippen LogP contribution is -2.06. The van der Waals surface area contributed by atoms with E-state index in [4.69, 9.17) is 5.11 Å². The van der Waals surface area contributed by atoms with Crippen LogP contribution in [0.25, 0.3) is 0 Å². The van der Waals surface area contributed by atoms with Gasteiger partial charge < -0.3 is 10.1 Å². The van der Waals surface area contributed by atoms with Gasteiger partial charge in [0.2, 0.25) is 0 Å². The van der Waals surface area contributed by atoms with Crippen molar-refractivity contribution in [1.82, 2.24) is 9.97 Å². The molecule has 0 bridgehead atoms. The number of hydrogen-bond acceptors (Lipinski definition) is 5. The molecular formula is C9H10N4O2S. The first-order chi connectivity index (χ1) is 7.66. The van der Waals surface area contributed by atoms with Gasteiger partial charge in [0.25, 0.3) is 0 Å². The molecule has 0 radical (unpaired) electrons. The SMILES string of the molecule is Cc1[nH]cnc1C1=NN=C(SCC(=O)O)C1. The van der Waals surface area contributed by atoms with Crippen LogP contribution >= 0.6 is 11.8 Å². The van der Waals surface area contributed by atoms with Gasteiger partial charge in [-0.25, -0.2) is 4.98 Å². The van der Waals surface area contributed by atoms with Crippen LogP contribution < -0.4 is 0 Å². The fourth-order valence-corrected chi connectivity index (χ4v) is 1.96. The van der Waals surface area contributed by atoms with E-state index in [2.05, 4.69) is 20.2 Å². The summed E-state index contributed by atoms with van der Waals surface area (Å²) in [6.45, 7) is 1.91. The number of carboxylic acids is 1. The third kappa shape index (κ3) is 2.30. The molecule has 1 aliphatic heterocycles. The van der Waals surface area contributed by atoms with E-state index in [0.29, 0.717) is 6.42 Å². The Morgan fingerprint density at radius 2 is 2.44 bits per heavy atom. The lowest BCUT2D eigenvalue weighted by atomic mass is 10.2. The molecule has 1 aromatic heterocycles. The fraction of sp³-hybridized carbons (Fsp3) is 0.333. The number of aryl methyl sites for hydroxylation is 1. The molecule has 0 saturated heterocycles. The zero-order chi connectivity index (χ0) is 11.5. The first-order valence-electron chi connectivity index (χ1n) is 4.65. The van der Waals surface area contributed by atoms with Crippen LogP contribution in [0.5, 0.6) is 0 Å².